The maximum Gasteiger partial charge on any atom is 0.0512 e. The van der Waals surface area contributed by atoms with Gasteiger partial charge in [0.25, 0.3) is 0 Å². The van der Waals surface area contributed by atoms with E-state index in [9.17, 15) is 5.11 Å². The van der Waals surface area contributed by atoms with Gasteiger partial charge in [-0.3, -0.25) is 4.98 Å². The maximum atomic E-state index is 9.18. The normalized spacial score (nSPS) is 11.2. The van der Waals surface area contributed by atoms with Crippen LogP contribution in [0, 0.1) is 13.8 Å². The zero-order valence-corrected chi connectivity index (χ0v) is 12.5. The summed E-state index contributed by atoms with van der Waals surface area (Å²) in [5.41, 5.74) is 5.88. The lowest BCUT2D eigenvalue weighted by atomic mass is 10.0. The maximum absolute atomic E-state index is 9.18. The average molecular weight is 280 g/mol. The largest absolute Gasteiger partial charge is 0.396 e. The highest BCUT2D eigenvalue weighted by Crippen LogP contribution is 2.32. The van der Waals surface area contributed by atoms with E-state index in [-0.39, 0.29) is 6.61 Å². The van der Waals surface area contributed by atoms with Gasteiger partial charge >= 0.3 is 0 Å². The third-order valence-corrected chi connectivity index (χ3v) is 3.96. The summed E-state index contributed by atoms with van der Waals surface area (Å²) in [6.07, 6.45) is 2.61. The second-order valence-electron chi connectivity index (χ2n) is 5.41. The van der Waals surface area contributed by atoms with Crippen molar-refractivity contribution in [2.24, 2.45) is 0 Å². The van der Waals surface area contributed by atoms with Crippen molar-refractivity contribution in [3.8, 4) is 11.3 Å². The lowest BCUT2D eigenvalue weighted by Gasteiger charge is -2.13. The number of aliphatic hydroxyl groups is 1. The van der Waals surface area contributed by atoms with Crippen LogP contribution in [-0.4, -0.2) is 21.3 Å². The summed E-state index contributed by atoms with van der Waals surface area (Å²) in [5.74, 6) is 0. The molecule has 2 aromatic heterocycles. The van der Waals surface area contributed by atoms with Gasteiger partial charge in [0.2, 0.25) is 0 Å². The summed E-state index contributed by atoms with van der Waals surface area (Å²) in [5, 5.41) is 10.4. The SMILES string of the molecule is Cc1ccnc(C)c1-c1cc2ccccc2n1CCCO. The summed E-state index contributed by atoms with van der Waals surface area (Å²) < 4.78 is 2.29. The highest BCUT2D eigenvalue weighted by Gasteiger charge is 2.14. The van der Waals surface area contributed by atoms with Crippen molar-refractivity contribution in [2.75, 3.05) is 6.61 Å². The van der Waals surface area contributed by atoms with E-state index in [1.54, 1.807) is 0 Å². The first-order valence-electron chi connectivity index (χ1n) is 7.34. The fourth-order valence-electron chi connectivity index (χ4n) is 2.97. The number of rotatable bonds is 4. The first-order chi connectivity index (χ1) is 10.2. The molecule has 0 saturated carbocycles. The topological polar surface area (TPSA) is 38.0 Å². The van der Waals surface area contributed by atoms with Crippen molar-refractivity contribution in [1.82, 2.24) is 9.55 Å². The molecule has 3 rings (SSSR count). The van der Waals surface area contributed by atoms with E-state index in [1.807, 2.05) is 6.20 Å². The minimum absolute atomic E-state index is 0.205. The van der Waals surface area contributed by atoms with Crippen molar-refractivity contribution in [1.29, 1.82) is 0 Å². The average Bonchev–Trinajstić information content (AvgIpc) is 2.83. The fraction of sp³-hybridized carbons (Fsp3) is 0.278. The first-order valence-corrected chi connectivity index (χ1v) is 7.34. The number of aryl methyl sites for hydroxylation is 3. The molecule has 0 bridgehead atoms. The second kappa shape index (κ2) is 5.70. The van der Waals surface area contributed by atoms with Gasteiger partial charge in [0.1, 0.15) is 0 Å². The number of hydrogen-bond acceptors (Lipinski definition) is 2. The van der Waals surface area contributed by atoms with Gasteiger partial charge in [-0.05, 0) is 44.0 Å². The Bertz CT molecular complexity index is 754. The van der Waals surface area contributed by atoms with Crippen molar-refractivity contribution in [2.45, 2.75) is 26.8 Å². The van der Waals surface area contributed by atoms with Crippen molar-refractivity contribution < 1.29 is 5.11 Å². The Labute approximate surface area is 124 Å². The van der Waals surface area contributed by atoms with Crippen LogP contribution in [0.3, 0.4) is 0 Å². The third-order valence-electron chi connectivity index (χ3n) is 3.96. The van der Waals surface area contributed by atoms with Crippen LogP contribution in [-0.2, 0) is 6.54 Å². The Balaban J connectivity index is 2.26. The molecule has 3 heteroatoms. The summed E-state index contributed by atoms with van der Waals surface area (Å²) >= 11 is 0. The smallest absolute Gasteiger partial charge is 0.0512 e. The van der Waals surface area contributed by atoms with Crippen LogP contribution in [0.1, 0.15) is 17.7 Å². The number of para-hydroxylation sites is 1. The molecule has 0 saturated heterocycles. The number of benzene rings is 1. The van der Waals surface area contributed by atoms with E-state index >= 15 is 0 Å². The Hall–Kier alpha value is -2.13. The number of aliphatic hydroxyl groups excluding tert-OH is 1. The van der Waals surface area contributed by atoms with Gasteiger partial charge < -0.3 is 9.67 Å². The number of fused-ring (bicyclic) bond motifs is 1. The highest BCUT2D eigenvalue weighted by atomic mass is 16.3. The Kier molecular flexibility index (Phi) is 3.76. The molecule has 2 heterocycles. The van der Waals surface area contributed by atoms with E-state index in [2.05, 4.69) is 59.8 Å². The summed E-state index contributed by atoms with van der Waals surface area (Å²) in [7, 11) is 0. The van der Waals surface area contributed by atoms with Crippen molar-refractivity contribution in [3.63, 3.8) is 0 Å². The highest BCUT2D eigenvalue weighted by molar-refractivity contribution is 5.88. The number of aromatic nitrogens is 2. The number of pyridine rings is 1. The van der Waals surface area contributed by atoms with Crippen molar-refractivity contribution >= 4 is 10.9 Å². The Morgan fingerprint density at radius 2 is 1.95 bits per heavy atom. The van der Waals surface area contributed by atoms with E-state index in [0.717, 1.165) is 18.7 Å². The van der Waals surface area contributed by atoms with Crippen LogP contribution in [0.25, 0.3) is 22.2 Å². The van der Waals surface area contributed by atoms with E-state index in [0.29, 0.717) is 0 Å². The monoisotopic (exact) mass is 280 g/mol. The van der Waals surface area contributed by atoms with Gasteiger partial charge in [0.15, 0.2) is 0 Å². The molecule has 0 fully saturated rings. The predicted molar refractivity (Wildman–Crippen MR) is 86.3 cm³/mol. The molecule has 1 aromatic carbocycles. The molecule has 0 aliphatic carbocycles. The molecule has 0 amide bonds. The quantitative estimate of drug-likeness (QED) is 0.791. The molecule has 0 radical (unpaired) electrons. The molecule has 3 nitrogen and oxygen atoms in total. The van der Waals surface area contributed by atoms with Gasteiger partial charge in [-0.2, -0.15) is 0 Å². The van der Waals surface area contributed by atoms with Gasteiger partial charge in [-0.25, -0.2) is 0 Å². The zero-order chi connectivity index (χ0) is 14.8. The van der Waals surface area contributed by atoms with Gasteiger partial charge in [0, 0.05) is 41.5 Å². The minimum atomic E-state index is 0.205. The molecule has 0 atom stereocenters. The lowest BCUT2D eigenvalue weighted by Crippen LogP contribution is -2.04. The molecular formula is C18H20N2O. The van der Waals surface area contributed by atoms with Crippen molar-refractivity contribution in [3.05, 3.63) is 53.9 Å². The lowest BCUT2D eigenvalue weighted by molar-refractivity contribution is 0.281. The predicted octanol–water partition coefficient (Wildman–Crippen LogP) is 3.70. The summed E-state index contributed by atoms with van der Waals surface area (Å²) in [6.45, 7) is 5.19. The molecular weight excluding hydrogens is 260 g/mol. The molecule has 1 N–H and O–H groups in total. The van der Waals surface area contributed by atoms with E-state index in [4.69, 9.17) is 0 Å². The molecule has 0 aliphatic rings. The van der Waals surface area contributed by atoms with Gasteiger partial charge in [-0.15, -0.1) is 0 Å². The Morgan fingerprint density at radius 3 is 2.71 bits per heavy atom. The molecule has 21 heavy (non-hydrogen) atoms. The summed E-state index contributed by atoms with van der Waals surface area (Å²) in [4.78, 5) is 4.45. The van der Waals surface area contributed by atoms with E-state index < -0.39 is 0 Å². The van der Waals surface area contributed by atoms with Crippen LogP contribution < -0.4 is 0 Å². The molecule has 3 aromatic rings. The number of hydrogen-bond donors (Lipinski definition) is 1. The molecule has 0 aliphatic heterocycles. The van der Waals surface area contributed by atoms with Gasteiger partial charge in [0.05, 0.1) is 5.69 Å². The number of nitrogens with zero attached hydrogens (tertiary/aromatic N) is 2. The minimum Gasteiger partial charge on any atom is -0.396 e. The zero-order valence-electron chi connectivity index (χ0n) is 12.5. The van der Waals surface area contributed by atoms with E-state index in [1.165, 1.54) is 27.7 Å². The van der Waals surface area contributed by atoms with Crippen LogP contribution >= 0.6 is 0 Å². The summed E-state index contributed by atoms with van der Waals surface area (Å²) in [6, 6.07) is 12.7. The van der Waals surface area contributed by atoms with Crippen LogP contribution in [0.4, 0.5) is 0 Å². The standard InChI is InChI=1S/C18H20N2O/c1-13-8-9-19-14(2)18(13)17-12-15-6-3-4-7-16(15)20(17)10-5-11-21/h3-4,6-9,12,21H,5,10-11H2,1-2H3. The van der Waals surface area contributed by atoms with Crippen LogP contribution in [0.5, 0.6) is 0 Å². The molecule has 108 valence electrons. The first kappa shape index (κ1) is 13.8. The molecule has 0 spiro atoms. The second-order valence-corrected chi connectivity index (χ2v) is 5.41. The third kappa shape index (κ3) is 2.45. The van der Waals surface area contributed by atoms with Gasteiger partial charge in [-0.1, -0.05) is 18.2 Å². The Morgan fingerprint density at radius 1 is 1.14 bits per heavy atom. The molecule has 0 unspecified atom stereocenters. The fourth-order valence-corrected chi connectivity index (χ4v) is 2.97. The van der Waals surface area contributed by atoms with Crippen LogP contribution in [0.15, 0.2) is 42.6 Å². The van der Waals surface area contributed by atoms with Crippen LogP contribution in [0.2, 0.25) is 0 Å².